The van der Waals surface area contributed by atoms with Crippen LogP contribution in [0.1, 0.15) is 11.1 Å². The van der Waals surface area contributed by atoms with Crippen molar-refractivity contribution < 1.29 is 9.13 Å². The van der Waals surface area contributed by atoms with E-state index in [4.69, 9.17) is 4.74 Å². The van der Waals surface area contributed by atoms with Crippen molar-refractivity contribution in [2.24, 2.45) is 0 Å². The van der Waals surface area contributed by atoms with Crippen LogP contribution in [0.4, 0.5) is 15.8 Å². The minimum absolute atomic E-state index is 0.277. The van der Waals surface area contributed by atoms with E-state index in [2.05, 4.69) is 28.8 Å². The summed E-state index contributed by atoms with van der Waals surface area (Å²) in [6.45, 7) is 7.41. The molecule has 5 heteroatoms. The molecule has 0 saturated heterocycles. The molecule has 138 valence electrons. The molecule has 0 bridgehead atoms. The van der Waals surface area contributed by atoms with E-state index in [1.54, 1.807) is 25.4 Å². The molecule has 2 aromatic carbocycles. The summed E-state index contributed by atoms with van der Waals surface area (Å²) in [7, 11) is 3.46. The molecule has 4 nitrogen and oxygen atoms in total. The lowest BCUT2D eigenvalue weighted by Gasteiger charge is -2.13. The number of hydrogen-bond acceptors (Lipinski definition) is 4. The normalized spacial score (nSPS) is 10.5. The topological polar surface area (TPSA) is 46.2 Å². The molecular formula is C22H22FN3O. The molecule has 3 rings (SSSR count). The van der Waals surface area contributed by atoms with Gasteiger partial charge in [-0.25, -0.2) is 4.39 Å². The van der Waals surface area contributed by atoms with Crippen molar-refractivity contribution in [3.63, 3.8) is 0 Å². The smallest absolute Gasteiger partial charge is 0.142 e. The van der Waals surface area contributed by atoms with Gasteiger partial charge in [0.2, 0.25) is 0 Å². The van der Waals surface area contributed by atoms with Gasteiger partial charge in [-0.05, 0) is 47.5 Å². The Morgan fingerprint density at radius 1 is 1.22 bits per heavy atom. The standard InChI is InChI=1S/C22H22FN3O/c1-5-14(2)26-17-7-6-16(19(23)11-17)10-15-8-9-25-20-13-21(24-3)22(27-4)12-18(15)20/h5-9,11-13,24,26H,1-2,10H2,3-4H3. The molecule has 2 N–H and O–H groups in total. The molecule has 0 aliphatic carbocycles. The molecule has 0 spiro atoms. The van der Waals surface area contributed by atoms with Crippen LogP contribution < -0.4 is 15.4 Å². The predicted molar refractivity (Wildman–Crippen MR) is 110 cm³/mol. The maximum absolute atomic E-state index is 14.6. The van der Waals surface area contributed by atoms with Crippen LogP contribution in [0.3, 0.4) is 0 Å². The van der Waals surface area contributed by atoms with E-state index in [1.165, 1.54) is 6.07 Å². The Morgan fingerprint density at radius 2 is 2.04 bits per heavy atom. The summed E-state index contributed by atoms with van der Waals surface area (Å²) >= 11 is 0. The van der Waals surface area contributed by atoms with Gasteiger partial charge in [-0.2, -0.15) is 0 Å². The number of hydrogen-bond donors (Lipinski definition) is 2. The summed E-state index contributed by atoms with van der Waals surface area (Å²) in [5.74, 6) is 0.447. The SMILES string of the molecule is C=CC(=C)Nc1ccc(Cc2ccnc3cc(NC)c(OC)cc23)c(F)c1. The fourth-order valence-corrected chi connectivity index (χ4v) is 2.96. The van der Waals surface area contributed by atoms with Gasteiger partial charge >= 0.3 is 0 Å². The van der Waals surface area contributed by atoms with Crippen LogP contribution in [0.15, 0.2) is 67.5 Å². The fraction of sp³-hybridized carbons (Fsp3) is 0.136. The summed E-state index contributed by atoms with van der Waals surface area (Å²) in [5.41, 5.74) is 4.54. The minimum atomic E-state index is -0.277. The molecule has 1 heterocycles. The van der Waals surface area contributed by atoms with Crippen LogP contribution in [0, 0.1) is 5.82 Å². The summed E-state index contributed by atoms with van der Waals surface area (Å²) < 4.78 is 20.1. The number of ether oxygens (including phenoxy) is 1. The van der Waals surface area contributed by atoms with Gasteiger partial charge in [-0.1, -0.05) is 19.2 Å². The first-order valence-electron chi connectivity index (χ1n) is 8.56. The Balaban J connectivity index is 1.97. The van der Waals surface area contributed by atoms with Crippen LogP contribution in [-0.2, 0) is 6.42 Å². The lowest BCUT2D eigenvalue weighted by molar-refractivity contribution is 0.417. The van der Waals surface area contributed by atoms with Crippen LogP contribution in [0.25, 0.3) is 10.9 Å². The lowest BCUT2D eigenvalue weighted by atomic mass is 10.00. The maximum Gasteiger partial charge on any atom is 0.142 e. The highest BCUT2D eigenvalue weighted by Gasteiger charge is 2.11. The van der Waals surface area contributed by atoms with Crippen molar-refractivity contribution >= 4 is 22.3 Å². The first kappa shape index (κ1) is 18.5. The summed E-state index contributed by atoms with van der Waals surface area (Å²) in [6.07, 6.45) is 3.78. The Kier molecular flexibility index (Phi) is 5.41. The Labute approximate surface area is 158 Å². The number of allylic oxidation sites excluding steroid dienone is 1. The number of anilines is 2. The molecule has 0 radical (unpaired) electrons. The molecule has 1 aromatic heterocycles. The summed E-state index contributed by atoms with van der Waals surface area (Å²) in [4.78, 5) is 4.43. The van der Waals surface area contributed by atoms with Crippen LogP contribution in [0.5, 0.6) is 5.75 Å². The molecule has 27 heavy (non-hydrogen) atoms. The number of pyridine rings is 1. The predicted octanol–water partition coefficient (Wildman–Crippen LogP) is 5.13. The Hall–Kier alpha value is -3.34. The number of aromatic nitrogens is 1. The van der Waals surface area contributed by atoms with Crippen molar-refractivity contribution in [1.29, 1.82) is 0 Å². The number of fused-ring (bicyclic) bond motifs is 1. The third kappa shape index (κ3) is 3.92. The third-order valence-electron chi connectivity index (χ3n) is 4.41. The molecule has 0 amide bonds. The number of rotatable bonds is 7. The van der Waals surface area contributed by atoms with Gasteiger partial charge in [0.25, 0.3) is 0 Å². The van der Waals surface area contributed by atoms with E-state index in [0.29, 0.717) is 23.4 Å². The molecule has 0 atom stereocenters. The average molecular weight is 363 g/mol. The minimum Gasteiger partial charge on any atom is -0.495 e. The maximum atomic E-state index is 14.6. The van der Waals surface area contributed by atoms with E-state index in [9.17, 15) is 4.39 Å². The first-order chi connectivity index (χ1) is 13.0. The molecule has 0 fully saturated rings. The van der Waals surface area contributed by atoms with E-state index in [-0.39, 0.29) is 5.82 Å². The number of halogens is 1. The van der Waals surface area contributed by atoms with Crippen LogP contribution in [0.2, 0.25) is 0 Å². The van der Waals surface area contributed by atoms with E-state index in [0.717, 1.165) is 27.9 Å². The van der Waals surface area contributed by atoms with E-state index in [1.807, 2.05) is 31.3 Å². The van der Waals surface area contributed by atoms with Gasteiger partial charge in [0.1, 0.15) is 11.6 Å². The highest BCUT2D eigenvalue weighted by molar-refractivity contribution is 5.88. The van der Waals surface area contributed by atoms with Gasteiger partial charge < -0.3 is 15.4 Å². The highest BCUT2D eigenvalue weighted by atomic mass is 19.1. The molecular weight excluding hydrogens is 341 g/mol. The van der Waals surface area contributed by atoms with Crippen molar-refractivity contribution in [3.05, 3.63) is 84.5 Å². The molecule has 0 aliphatic rings. The molecule has 0 saturated carbocycles. The van der Waals surface area contributed by atoms with Gasteiger partial charge in [0, 0.05) is 36.4 Å². The number of nitrogens with one attached hydrogen (secondary N) is 2. The quantitative estimate of drug-likeness (QED) is 0.572. The molecule has 0 unspecified atom stereocenters. The average Bonchev–Trinajstić information content (AvgIpc) is 2.68. The largest absolute Gasteiger partial charge is 0.495 e. The zero-order valence-corrected chi connectivity index (χ0v) is 15.5. The fourth-order valence-electron chi connectivity index (χ4n) is 2.96. The Morgan fingerprint density at radius 3 is 2.70 bits per heavy atom. The summed E-state index contributed by atoms with van der Waals surface area (Å²) in [6, 6.07) is 10.8. The first-order valence-corrected chi connectivity index (χ1v) is 8.56. The number of nitrogens with zero attached hydrogens (tertiary/aromatic N) is 1. The van der Waals surface area contributed by atoms with E-state index >= 15 is 0 Å². The highest BCUT2D eigenvalue weighted by Crippen LogP contribution is 2.32. The van der Waals surface area contributed by atoms with Crippen molar-refractivity contribution in [2.45, 2.75) is 6.42 Å². The second-order valence-electron chi connectivity index (χ2n) is 6.13. The van der Waals surface area contributed by atoms with Gasteiger partial charge in [-0.15, -0.1) is 0 Å². The third-order valence-corrected chi connectivity index (χ3v) is 4.41. The van der Waals surface area contributed by atoms with Gasteiger partial charge in [-0.3, -0.25) is 4.98 Å². The second-order valence-corrected chi connectivity index (χ2v) is 6.13. The van der Waals surface area contributed by atoms with Crippen LogP contribution >= 0.6 is 0 Å². The van der Waals surface area contributed by atoms with E-state index < -0.39 is 0 Å². The van der Waals surface area contributed by atoms with Gasteiger partial charge in [0.05, 0.1) is 18.3 Å². The summed E-state index contributed by atoms with van der Waals surface area (Å²) in [5, 5.41) is 7.03. The monoisotopic (exact) mass is 363 g/mol. The van der Waals surface area contributed by atoms with Crippen molar-refractivity contribution in [2.75, 3.05) is 24.8 Å². The van der Waals surface area contributed by atoms with Crippen molar-refractivity contribution in [3.8, 4) is 5.75 Å². The number of benzene rings is 2. The van der Waals surface area contributed by atoms with Gasteiger partial charge in [0.15, 0.2) is 0 Å². The van der Waals surface area contributed by atoms with Crippen LogP contribution in [-0.4, -0.2) is 19.1 Å². The Bertz CT molecular complexity index is 1010. The zero-order valence-electron chi connectivity index (χ0n) is 15.5. The lowest BCUT2D eigenvalue weighted by Crippen LogP contribution is -2.00. The number of methoxy groups -OCH3 is 1. The molecule has 3 aromatic rings. The second kappa shape index (κ2) is 7.91. The zero-order chi connectivity index (χ0) is 19.4. The molecule has 0 aliphatic heterocycles. The van der Waals surface area contributed by atoms with Crippen molar-refractivity contribution in [1.82, 2.24) is 4.98 Å².